The van der Waals surface area contributed by atoms with Gasteiger partial charge in [0.25, 0.3) is 0 Å². The maximum Gasteiger partial charge on any atom is 0.0991 e. The second-order valence-corrected chi connectivity index (χ2v) is 4.59. The summed E-state index contributed by atoms with van der Waals surface area (Å²) >= 11 is 0. The second kappa shape index (κ2) is 5.00. The first-order valence-electron chi connectivity index (χ1n) is 5.50. The Balaban J connectivity index is 2.83. The molecule has 0 saturated carbocycles. The molecule has 0 aromatic heterocycles. The molecule has 0 heterocycles. The third-order valence-electron chi connectivity index (χ3n) is 3.14. The normalized spacial score (nSPS) is 14.2. The fourth-order valence-electron chi connectivity index (χ4n) is 1.39. The van der Waals surface area contributed by atoms with E-state index in [4.69, 9.17) is 11.0 Å². The number of hydrogen-bond donors (Lipinski definition) is 2. The van der Waals surface area contributed by atoms with Gasteiger partial charge >= 0.3 is 0 Å². The van der Waals surface area contributed by atoms with Crippen molar-refractivity contribution in [1.82, 2.24) is 0 Å². The molecule has 1 rings (SSSR count). The minimum atomic E-state index is -0.117. The monoisotopic (exact) mass is 217 g/mol. The Kier molecular flexibility index (Phi) is 3.92. The second-order valence-electron chi connectivity index (χ2n) is 4.59. The summed E-state index contributed by atoms with van der Waals surface area (Å²) in [4.78, 5) is 0. The number of hydrogen-bond acceptors (Lipinski definition) is 3. The lowest BCUT2D eigenvalue weighted by Crippen LogP contribution is -2.47. The first kappa shape index (κ1) is 12.5. The molecular weight excluding hydrogens is 198 g/mol. The summed E-state index contributed by atoms with van der Waals surface area (Å²) in [7, 11) is 0. The van der Waals surface area contributed by atoms with E-state index in [1.807, 2.05) is 12.1 Å². The van der Waals surface area contributed by atoms with Crippen molar-refractivity contribution in [2.75, 3.05) is 11.9 Å². The minimum absolute atomic E-state index is 0.117. The molecule has 1 aromatic carbocycles. The molecule has 0 saturated heterocycles. The van der Waals surface area contributed by atoms with Crippen LogP contribution in [-0.2, 0) is 0 Å². The van der Waals surface area contributed by atoms with Crippen molar-refractivity contribution < 1.29 is 0 Å². The van der Waals surface area contributed by atoms with Crippen molar-refractivity contribution in [3.8, 4) is 6.07 Å². The van der Waals surface area contributed by atoms with Crippen molar-refractivity contribution >= 4 is 5.69 Å². The SMILES string of the molecule is CC(C)C(C)(CN)Nc1ccc(C#N)cc1. The van der Waals surface area contributed by atoms with Gasteiger partial charge in [-0.3, -0.25) is 0 Å². The van der Waals surface area contributed by atoms with Crippen molar-refractivity contribution in [2.45, 2.75) is 26.3 Å². The highest BCUT2D eigenvalue weighted by molar-refractivity contribution is 5.49. The Bertz CT molecular complexity index is 375. The van der Waals surface area contributed by atoms with Gasteiger partial charge in [-0.05, 0) is 37.1 Å². The topological polar surface area (TPSA) is 61.8 Å². The molecule has 0 aliphatic rings. The van der Waals surface area contributed by atoms with E-state index in [0.717, 1.165) is 5.69 Å². The van der Waals surface area contributed by atoms with E-state index in [1.54, 1.807) is 12.1 Å². The molecule has 0 bridgehead atoms. The van der Waals surface area contributed by atoms with E-state index in [1.165, 1.54) is 0 Å². The van der Waals surface area contributed by atoms with Crippen molar-refractivity contribution in [1.29, 1.82) is 5.26 Å². The molecule has 16 heavy (non-hydrogen) atoms. The van der Waals surface area contributed by atoms with Crippen LogP contribution >= 0.6 is 0 Å². The van der Waals surface area contributed by atoms with Crippen LogP contribution in [0.5, 0.6) is 0 Å². The lowest BCUT2D eigenvalue weighted by Gasteiger charge is -2.34. The zero-order chi connectivity index (χ0) is 12.2. The Morgan fingerprint density at radius 3 is 2.31 bits per heavy atom. The molecule has 0 spiro atoms. The predicted octanol–water partition coefficient (Wildman–Crippen LogP) is 2.34. The van der Waals surface area contributed by atoms with Gasteiger partial charge < -0.3 is 11.1 Å². The van der Waals surface area contributed by atoms with E-state index in [2.05, 4.69) is 32.2 Å². The molecule has 1 aromatic rings. The number of nitriles is 1. The maximum absolute atomic E-state index is 8.71. The minimum Gasteiger partial charge on any atom is -0.378 e. The fraction of sp³-hybridized carbons (Fsp3) is 0.462. The van der Waals surface area contributed by atoms with Gasteiger partial charge in [-0.1, -0.05) is 13.8 Å². The zero-order valence-corrected chi connectivity index (χ0v) is 10.1. The average Bonchev–Trinajstić information content (AvgIpc) is 2.29. The van der Waals surface area contributed by atoms with Crippen LogP contribution in [0.25, 0.3) is 0 Å². The number of rotatable bonds is 4. The summed E-state index contributed by atoms with van der Waals surface area (Å²) in [6.45, 7) is 6.97. The summed E-state index contributed by atoms with van der Waals surface area (Å²) in [6.07, 6.45) is 0. The molecule has 0 aliphatic carbocycles. The maximum atomic E-state index is 8.71. The number of nitrogens with one attached hydrogen (secondary N) is 1. The van der Waals surface area contributed by atoms with Gasteiger partial charge in [0.1, 0.15) is 0 Å². The molecule has 3 heteroatoms. The predicted molar refractivity (Wildman–Crippen MR) is 67.1 cm³/mol. The Labute approximate surface area is 97.3 Å². The molecule has 0 radical (unpaired) electrons. The summed E-state index contributed by atoms with van der Waals surface area (Å²) in [5, 5.41) is 12.1. The van der Waals surface area contributed by atoms with Crippen LogP contribution in [0.15, 0.2) is 24.3 Å². The van der Waals surface area contributed by atoms with Crippen LogP contribution in [0.4, 0.5) is 5.69 Å². The standard InChI is InChI=1S/C13H19N3/c1-10(2)13(3,9-15)16-12-6-4-11(8-14)5-7-12/h4-7,10,16H,9,15H2,1-3H3. The van der Waals surface area contributed by atoms with Crippen LogP contribution in [-0.4, -0.2) is 12.1 Å². The van der Waals surface area contributed by atoms with E-state index in [9.17, 15) is 0 Å². The van der Waals surface area contributed by atoms with Crippen LogP contribution in [0.3, 0.4) is 0 Å². The van der Waals surface area contributed by atoms with Gasteiger partial charge in [0, 0.05) is 17.8 Å². The quantitative estimate of drug-likeness (QED) is 0.813. The van der Waals surface area contributed by atoms with Gasteiger partial charge in [-0.2, -0.15) is 5.26 Å². The highest BCUT2D eigenvalue weighted by atomic mass is 15.0. The van der Waals surface area contributed by atoms with Gasteiger partial charge in [0.15, 0.2) is 0 Å². The number of benzene rings is 1. The molecule has 0 amide bonds. The molecule has 3 nitrogen and oxygen atoms in total. The zero-order valence-electron chi connectivity index (χ0n) is 10.1. The molecule has 0 fully saturated rings. The Morgan fingerprint density at radius 2 is 1.94 bits per heavy atom. The Morgan fingerprint density at radius 1 is 1.38 bits per heavy atom. The molecule has 0 aliphatic heterocycles. The van der Waals surface area contributed by atoms with Gasteiger partial charge in [-0.25, -0.2) is 0 Å². The summed E-state index contributed by atoms with van der Waals surface area (Å²) in [5.74, 6) is 0.438. The third-order valence-corrected chi connectivity index (χ3v) is 3.14. The largest absolute Gasteiger partial charge is 0.378 e. The molecule has 1 unspecified atom stereocenters. The highest BCUT2D eigenvalue weighted by Crippen LogP contribution is 2.22. The van der Waals surface area contributed by atoms with Crippen LogP contribution in [0, 0.1) is 17.2 Å². The number of nitrogens with two attached hydrogens (primary N) is 1. The average molecular weight is 217 g/mol. The first-order valence-corrected chi connectivity index (χ1v) is 5.50. The van der Waals surface area contributed by atoms with Crippen molar-refractivity contribution in [3.05, 3.63) is 29.8 Å². The van der Waals surface area contributed by atoms with Gasteiger partial charge in [0.05, 0.1) is 11.6 Å². The fourth-order valence-corrected chi connectivity index (χ4v) is 1.39. The van der Waals surface area contributed by atoms with Gasteiger partial charge in [-0.15, -0.1) is 0 Å². The van der Waals surface area contributed by atoms with Crippen LogP contribution in [0.1, 0.15) is 26.3 Å². The third kappa shape index (κ3) is 2.74. The first-order chi connectivity index (χ1) is 7.51. The van der Waals surface area contributed by atoms with Crippen molar-refractivity contribution in [3.63, 3.8) is 0 Å². The molecular formula is C13H19N3. The number of anilines is 1. The number of nitrogens with zero attached hydrogens (tertiary/aromatic N) is 1. The molecule has 1 atom stereocenters. The summed E-state index contributed by atoms with van der Waals surface area (Å²) in [5.41, 5.74) is 7.35. The van der Waals surface area contributed by atoms with Crippen LogP contribution in [0.2, 0.25) is 0 Å². The summed E-state index contributed by atoms with van der Waals surface area (Å²) in [6, 6.07) is 9.53. The lowest BCUT2D eigenvalue weighted by atomic mass is 9.88. The van der Waals surface area contributed by atoms with E-state index in [-0.39, 0.29) is 5.54 Å². The highest BCUT2D eigenvalue weighted by Gasteiger charge is 2.26. The van der Waals surface area contributed by atoms with E-state index in [0.29, 0.717) is 18.0 Å². The van der Waals surface area contributed by atoms with E-state index >= 15 is 0 Å². The summed E-state index contributed by atoms with van der Waals surface area (Å²) < 4.78 is 0. The Hall–Kier alpha value is -1.53. The van der Waals surface area contributed by atoms with Gasteiger partial charge in [0.2, 0.25) is 0 Å². The van der Waals surface area contributed by atoms with E-state index < -0.39 is 0 Å². The molecule has 3 N–H and O–H groups in total. The lowest BCUT2D eigenvalue weighted by molar-refractivity contribution is 0.382. The van der Waals surface area contributed by atoms with Crippen molar-refractivity contribution in [2.24, 2.45) is 11.7 Å². The smallest absolute Gasteiger partial charge is 0.0991 e. The molecule has 86 valence electrons. The van der Waals surface area contributed by atoms with Crippen LogP contribution < -0.4 is 11.1 Å².